The van der Waals surface area contributed by atoms with E-state index in [1.807, 2.05) is 0 Å². The first-order valence-electron chi connectivity index (χ1n) is 10.3. The second kappa shape index (κ2) is 7.08. The smallest absolute Gasteiger partial charge is 0.229 e. The van der Waals surface area contributed by atoms with Crippen molar-refractivity contribution >= 4 is 17.7 Å². The maximum Gasteiger partial charge on any atom is 0.229 e. The van der Waals surface area contributed by atoms with Gasteiger partial charge in [0.15, 0.2) is 0 Å². The molecular weight excluding hydrogens is 316 g/mol. The Morgan fingerprint density at radius 1 is 0.880 bits per heavy atom. The SMILES string of the molecule is O=C(NC1CCC(N2C(=O)CCC2=O)CC1)[C@H]1C[C@H]1C1CCCCC1. The van der Waals surface area contributed by atoms with E-state index in [1.54, 1.807) is 0 Å². The monoisotopic (exact) mass is 346 g/mol. The highest BCUT2D eigenvalue weighted by Gasteiger charge is 2.48. The van der Waals surface area contributed by atoms with Crippen LogP contribution in [0.5, 0.6) is 0 Å². The van der Waals surface area contributed by atoms with Crippen LogP contribution in [0.15, 0.2) is 0 Å². The minimum absolute atomic E-state index is 0.00853. The maximum atomic E-state index is 12.5. The lowest BCUT2D eigenvalue weighted by molar-refractivity contribution is -0.142. The molecule has 138 valence electrons. The fourth-order valence-electron chi connectivity index (χ4n) is 5.39. The summed E-state index contributed by atoms with van der Waals surface area (Å²) < 4.78 is 0. The minimum atomic E-state index is -0.00853. The van der Waals surface area contributed by atoms with Crippen LogP contribution < -0.4 is 5.32 Å². The van der Waals surface area contributed by atoms with Crippen molar-refractivity contribution in [2.24, 2.45) is 17.8 Å². The Morgan fingerprint density at radius 2 is 1.52 bits per heavy atom. The number of imide groups is 1. The van der Waals surface area contributed by atoms with Crippen LogP contribution in [0.1, 0.15) is 77.0 Å². The van der Waals surface area contributed by atoms with Crippen LogP contribution in [0.2, 0.25) is 0 Å². The van der Waals surface area contributed by atoms with Gasteiger partial charge in [-0.25, -0.2) is 0 Å². The average Bonchev–Trinajstić information content (AvgIpc) is 3.37. The van der Waals surface area contributed by atoms with Crippen molar-refractivity contribution in [1.82, 2.24) is 10.2 Å². The number of hydrogen-bond donors (Lipinski definition) is 1. The van der Waals surface area contributed by atoms with Gasteiger partial charge in [-0.1, -0.05) is 32.1 Å². The number of nitrogens with one attached hydrogen (secondary N) is 1. The van der Waals surface area contributed by atoms with Gasteiger partial charge in [0.1, 0.15) is 0 Å². The van der Waals surface area contributed by atoms with Gasteiger partial charge in [0, 0.05) is 30.8 Å². The average molecular weight is 346 g/mol. The molecule has 5 nitrogen and oxygen atoms in total. The molecule has 0 bridgehead atoms. The lowest BCUT2D eigenvalue weighted by atomic mass is 9.85. The number of rotatable bonds is 4. The Labute approximate surface area is 149 Å². The largest absolute Gasteiger partial charge is 0.353 e. The van der Waals surface area contributed by atoms with E-state index >= 15 is 0 Å². The van der Waals surface area contributed by atoms with E-state index in [9.17, 15) is 14.4 Å². The van der Waals surface area contributed by atoms with Crippen molar-refractivity contribution in [3.8, 4) is 0 Å². The summed E-state index contributed by atoms with van der Waals surface area (Å²) in [5.74, 6) is 1.91. The molecule has 0 aromatic carbocycles. The molecule has 0 unspecified atom stereocenters. The highest BCUT2D eigenvalue weighted by molar-refractivity contribution is 6.02. The van der Waals surface area contributed by atoms with Crippen LogP contribution in [0.25, 0.3) is 0 Å². The molecule has 3 amide bonds. The lowest BCUT2D eigenvalue weighted by Crippen LogP contribution is -2.46. The van der Waals surface area contributed by atoms with E-state index in [-0.39, 0.29) is 35.7 Å². The van der Waals surface area contributed by atoms with Crippen LogP contribution in [0, 0.1) is 17.8 Å². The summed E-state index contributed by atoms with van der Waals surface area (Å²) in [4.78, 5) is 37.8. The van der Waals surface area contributed by atoms with Gasteiger partial charge in [-0.05, 0) is 43.9 Å². The van der Waals surface area contributed by atoms with Crippen molar-refractivity contribution in [3.63, 3.8) is 0 Å². The summed E-state index contributed by atoms with van der Waals surface area (Å²) in [6.07, 6.45) is 11.9. The third kappa shape index (κ3) is 3.61. The molecule has 4 rings (SSSR count). The number of carbonyl (C=O) groups is 3. The van der Waals surface area contributed by atoms with Gasteiger partial charge in [0.2, 0.25) is 17.7 Å². The van der Waals surface area contributed by atoms with Gasteiger partial charge in [0.25, 0.3) is 0 Å². The second-order valence-electron chi connectivity index (χ2n) is 8.58. The summed E-state index contributed by atoms with van der Waals surface area (Å²) in [5.41, 5.74) is 0. The van der Waals surface area contributed by atoms with Crippen molar-refractivity contribution < 1.29 is 14.4 Å². The molecule has 4 fully saturated rings. The number of likely N-dealkylation sites (tertiary alicyclic amines) is 1. The molecule has 3 aliphatic carbocycles. The van der Waals surface area contributed by atoms with Crippen LogP contribution >= 0.6 is 0 Å². The molecule has 1 N–H and O–H groups in total. The van der Waals surface area contributed by atoms with E-state index in [2.05, 4.69) is 5.32 Å². The van der Waals surface area contributed by atoms with Crippen molar-refractivity contribution in [1.29, 1.82) is 0 Å². The van der Waals surface area contributed by atoms with E-state index in [4.69, 9.17) is 0 Å². The van der Waals surface area contributed by atoms with Crippen LogP contribution in [-0.2, 0) is 14.4 Å². The Balaban J connectivity index is 1.22. The zero-order chi connectivity index (χ0) is 17.4. The number of nitrogens with zero attached hydrogens (tertiary/aromatic N) is 1. The van der Waals surface area contributed by atoms with Crippen LogP contribution in [0.4, 0.5) is 0 Å². The molecule has 0 spiro atoms. The Kier molecular flexibility index (Phi) is 4.83. The van der Waals surface area contributed by atoms with E-state index in [1.165, 1.54) is 37.0 Å². The summed E-state index contributed by atoms with van der Waals surface area (Å²) in [7, 11) is 0. The van der Waals surface area contributed by atoms with Gasteiger partial charge in [-0.2, -0.15) is 0 Å². The molecular formula is C20H30N2O3. The summed E-state index contributed by atoms with van der Waals surface area (Å²) in [6.45, 7) is 0. The number of hydrogen-bond acceptors (Lipinski definition) is 3. The third-order valence-corrected chi connectivity index (χ3v) is 6.93. The van der Waals surface area contributed by atoms with Crippen LogP contribution in [0.3, 0.4) is 0 Å². The zero-order valence-corrected chi connectivity index (χ0v) is 15.0. The van der Waals surface area contributed by atoms with Crippen LogP contribution in [-0.4, -0.2) is 34.7 Å². The highest BCUT2D eigenvalue weighted by Crippen LogP contribution is 2.49. The van der Waals surface area contributed by atoms with Gasteiger partial charge in [0.05, 0.1) is 0 Å². The molecule has 25 heavy (non-hydrogen) atoms. The first-order chi connectivity index (χ1) is 12.1. The predicted octanol–water partition coefficient (Wildman–Crippen LogP) is 2.78. The molecule has 0 aromatic heterocycles. The van der Waals surface area contributed by atoms with Crippen molar-refractivity contribution in [2.45, 2.75) is 89.1 Å². The highest BCUT2D eigenvalue weighted by atomic mass is 16.2. The second-order valence-corrected chi connectivity index (χ2v) is 8.58. The van der Waals surface area contributed by atoms with E-state index in [0.29, 0.717) is 18.8 Å². The molecule has 0 radical (unpaired) electrons. The molecule has 2 atom stereocenters. The fourth-order valence-corrected chi connectivity index (χ4v) is 5.39. The molecule has 1 saturated heterocycles. The maximum absolute atomic E-state index is 12.5. The first kappa shape index (κ1) is 17.0. The molecule has 4 aliphatic rings. The normalized spacial score (nSPS) is 36.6. The summed E-state index contributed by atoms with van der Waals surface area (Å²) in [5, 5.41) is 3.26. The Morgan fingerprint density at radius 3 is 2.16 bits per heavy atom. The van der Waals surface area contributed by atoms with Gasteiger partial charge in [-0.15, -0.1) is 0 Å². The Bertz CT molecular complexity index is 531. The third-order valence-electron chi connectivity index (χ3n) is 6.93. The van der Waals surface area contributed by atoms with Gasteiger partial charge < -0.3 is 5.32 Å². The number of carbonyl (C=O) groups excluding carboxylic acids is 3. The number of amides is 3. The zero-order valence-electron chi connectivity index (χ0n) is 15.0. The summed E-state index contributed by atoms with van der Waals surface area (Å²) in [6, 6.07) is 0.288. The molecule has 3 saturated carbocycles. The molecule has 1 heterocycles. The van der Waals surface area contributed by atoms with Gasteiger partial charge >= 0.3 is 0 Å². The summed E-state index contributed by atoms with van der Waals surface area (Å²) >= 11 is 0. The molecule has 5 heteroatoms. The molecule has 1 aliphatic heterocycles. The minimum Gasteiger partial charge on any atom is -0.353 e. The molecule has 0 aromatic rings. The standard InChI is InChI=1S/C20H30N2O3/c23-18-10-11-19(24)22(18)15-8-6-14(7-9-15)21-20(25)17-12-16(17)13-4-2-1-3-5-13/h13-17H,1-12H2,(H,21,25)/t14?,15?,16-,17-/m0/s1. The topological polar surface area (TPSA) is 66.5 Å². The van der Waals surface area contributed by atoms with Crippen molar-refractivity contribution in [3.05, 3.63) is 0 Å². The predicted molar refractivity (Wildman–Crippen MR) is 93.4 cm³/mol. The first-order valence-corrected chi connectivity index (χ1v) is 10.3. The van der Waals surface area contributed by atoms with E-state index in [0.717, 1.165) is 38.0 Å². The van der Waals surface area contributed by atoms with Crippen molar-refractivity contribution in [2.75, 3.05) is 0 Å². The quantitative estimate of drug-likeness (QED) is 0.796. The fraction of sp³-hybridized carbons (Fsp3) is 0.850. The Hall–Kier alpha value is -1.39. The lowest BCUT2D eigenvalue weighted by Gasteiger charge is -2.33. The van der Waals surface area contributed by atoms with Gasteiger partial charge in [-0.3, -0.25) is 19.3 Å². The van der Waals surface area contributed by atoms with E-state index < -0.39 is 0 Å².